The molecule has 0 spiro atoms. The number of aryl methyl sites for hydroxylation is 1. The molecule has 140 valence electrons. The smallest absolute Gasteiger partial charge is 0.287 e. The van der Waals surface area contributed by atoms with E-state index >= 15 is 0 Å². The Labute approximate surface area is 155 Å². The number of fused-ring (bicyclic) bond motifs is 2. The summed E-state index contributed by atoms with van der Waals surface area (Å²) < 4.78 is 21.6. The number of benzene rings is 2. The molecule has 0 aliphatic carbocycles. The van der Waals surface area contributed by atoms with Gasteiger partial charge in [0.15, 0.2) is 17.3 Å². The Morgan fingerprint density at radius 2 is 2.04 bits per heavy atom. The molecule has 1 aromatic heterocycles. The van der Waals surface area contributed by atoms with E-state index in [-0.39, 0.29) is 31.6 Å². The topological polar surface area (TPSA) is 90.2 Å². The first-order valence-electron chi connectivity index (χ1n) is 8.57. The lowest BCUT2D eigenvalue weighted by atomic mass is 10.2. The van der Waals surface area contributed by atoms with Gasteiger partial charge in [0.1, 0.15) is 24.0 Å². The Balaban J connectivity index is 1.29. The predicted molar refractivity (Wildman–Crippen MR) is 97.4 cm³/mol. The molecule has 2 aromatic carbocycles. The minimum atomic E-state index is -0.869. The molecule has 0 radical (unpaired) electrons. The fourth-order valence-corrected chi connectivity index (χ4v) is 2.79. The molecule has 1 unspecified atom stereocenters. The minimum absolute atomic E-state index is 0.0270. The van der Waals surface area contributed by atoms with Crippen LogP contribution in [-0.4, -0.2) is 37.1 Å². The Morgan fingerprint density at radius 3 is 2.93 bits per heavy atom. The van der Waals surface area contributed by atoms with Crippen LogP contribution < -0.4 is 19.5 Å². The second-order valence-corrected chi connectivity index (χ2v) is 6.34. The SMILES string of the molecule is Cc1ccc2oc(C(=O)NCC(O)COc3ccc4c(c3)OCO4)cc2c1. The molecule has 3 aromatic rings. The van der Waals surface area contributed by atoms with Gasteiger partial charge in [-0.05, 0) is 37.3 Å². The van der Waals surface area contributed by atoms with Crippen molar-refractivity contribution in [1.82, 2.24) is 5.32 Å². The van der Waals surface area contributed by atoms with Gasteiger partial charge in [-0.3, -0.25) is 4.79 Å². The molecule has 1 aliphatic rings. The van der Waals surface area contributed by atoms with Gasteiger partial charge in [0.25, 0.3) is 5.91 Å². The molecule has 1 aliphatic heterocycles. The molecule has 0 fully saturated rings. The summed E-state index contributed by atoms with van der Waals surface area (Å²) in [6, 6.07) is 12.6. The Bertz CT molecular complexity index is 980. The maximum atomic E-state index is 12.2. The van der Waals surface area contributed by atoms with E-state index in [1.807, 2.05) is 25.1 Å². The molecule has 2 N–H and O–H groups in total. The lowest BCUT2D eigenvalue weighted by Crippen LogP contribution is -2.35. The van der Waals surface area contributed by atoms with E-state index in [2.05, 4.69) is 5.32 Å². The Morgan fingerprint density at radius 1 is 1.19 bits per heavy atom. The highest BCUT2D eigenvalue weighted by atomic mass is 16.7. The van der Waals surface area contributed by atoms with Gasteiger partial charge in [-0.1, -0.05) is 11.6 Å². The molecular formula is C20H19NO6. The third-order valence-electron chi connectivity index (χ3n) is 4.18. The second kappa shape index (κ2) is 7.20. The van der Waals surface area contributed by atoms with Gasteiger partial charge in [0, 0.05) is 18.0 Å². The van der Waals surface area contributed by atoms with E-state index in [1.54, 1.807) is 24.3 Å². The highest BCUT2D eigenvalue weighted by Gasteiger charge is 2.16. The van der Waals surface area contributed by atoms with Crippen molar-refractivity contribution in [2.75, 3.05) is 19.9 Å². The number of amides is 1. The van der Waals surface area contributed by atoms with Gasteiger partial charge in [-0.15, -0.1) is 0 Å². The normalized spacial score (nSPS) is 13.6. The van der Waals surface area contributed by atoms with E-state index in [1.165, 1.54) is 0 Å². The first-order chi connectivity index (χ1) is 13.1. The van der Waals surface area contributed by atoms with Crippen molar-refractivity contribution in [3.05, 3.63) is 53.8 Å². The first-order valence-corrected chi connectivity index (χ1v) is 8.57. The van der Waals surface area contributed by atoms with Crippen LogP contribution in [-0.2, 0) is 0 Å². The van der Waals surface area contributed by atoms with Gasteiger partial charge >= 0.3 is 0 Å². The van der Waals surface area contributed by atoms with Crippen LogP contribution >= 0.6 is 0 Å². The highest BCUT2D eigenvalue weighted by Crippen LogP contribution is 2.35. The molecule has 1 amide bonds. The highest BCUT2D eigenvalue weighted by molar-refractivity contribution is 5.96. The van der Waals surface area contributed by atoms with E-state index in [0.29, 0.717) is 22.8 Å². The molecule has 0 bridgehead atoms. The minimum Gasteiger partial charge on any atom is -0.491 e. The summed E-state index contributed by atoms with van der Waals surface area (Å²) in [7, 11) is 0. The Hall–Kier alpha value is -3.19. The fraction of sp³-hybridized carbons (Fsp3) is 0.250. The first kappa shape index (κ1) is 17.2. The standard InChI is InChI=1S/C20H19NO6/c1-12-2-4-16-13(6-12)7-19(27-16)20(23)21-9-14(22)10-24-15-3-5-17-18(8-15)26-11-25-17/h2-8,14,22H,9-11H2,1H3,(H,21,23). The molecule has 0 saturated heterocycles. The number of carbonyl (C=O) groups is 1. The number of carbonyl (C=O) groups excluding carboxylic acids is 1. The predicted octanol–water partition coefficient (Wildman–Crippen LogP) is 2.64. The summed E-state index contributed by atoms with van der Waals surface area (Å²) in [5.41, 5.74) is 1.74. The lowest BCUT2D eigenvalue weighted by molar-refractivity contribution is 0.0823. The number of ether oxygens (including phenoxy) is 3. The zero-order valence-corrected chi connectivity index (χ0v) is 14.7. The lowest BCUT2D eigenvalue weighted by Gasteiger charge is -2.13. The number of nitrogens with one attached hydrogen (secondary N) is 1. The quantitative estimate of drug-likeness (QED) is 0.694. The number of hydrogen-bond donors (Lipinski definition) is 2. The van der Waals surface area contributed by atoms with Crippen LogP contribution in [0.2, 0.25) is 0 Å². The maximum absolute atomic E-state index is 12.2. The monoisotopic (exact) mass is 369 g/mol. The molecule has 2 heterocycles. The number of rotatable bonds is 6. The average Bonchev–Trinajstić information content (AvgIpc) is 3.30. The van der Waals surface area contributed by atoms with Crippen LogP contribution in [0.15, 0.2) is 46.9 Å². The van der Waals surface area contributed by atoms with Gasteiger partial charge in [-0.25, -0.2) is 0 Å². The number of furan rings is 1. The van der Waals surface area contributed by atoms with Crippen LogP contribution in [0.3, 0.4) is 0 Å². The third-order valence-corrected chi connectivity index (χ3v) is 4.18. The zero-order valence-electron chi connectivity index (χ0n) is 14.7. The van der Waals surface area contributed by atoms with E-state index < -0.39 is 6.10 Å². The van der Waals surface area contributed by atoms with Crippen LogP contribution in [0.1, 0.15) is 16.1 Å². The molecule has 7 nitrogen and oxygen atoms in total. The second-order valence-electron chi connectivity index (χ2n) is 6.34. The van der Waals surface area contributed by atoms with Crippen LogP contribution in [0.4, 0.5) is 0 Å². The number of aliphatic hydroxyl groups is 1. The molecule has 0 saturated carbocycles. The summed E-state index contributed by atoms with van der Waals surface area (Å²) in [6.45, 7) is 2.23. The largest absolute Gasteiger partial charge is 0.491 e. The van der Waals surface area contributed by atoms with Gasteiger partial charge in [-0.2, -0.15) is 0 Å². The average molecular weight is 369 g/mol. The summed E-state index contributed by atoms with van der Waals surface area (Å²) in [5.74, 6) is 1.65. The van der Waals surface area contributed by atoms with E-state index in [0.717, 1.165) is 10.9 Å². The van der Waals surface area contributed by atoms with E-state index in [4.69, 9.17) is 18.6 Å². The van der Waals surface area contributed by atoms with E-state index in [9.17, 15) is 9.90 Å². The third kappa shape index (κ3) is 3.83. The number of hydrogen-bond acceptors (Lipinski definition) is 6. The van der Waals surface area contributed by atoms with Gasteiger partial charge < -0.3 is 29.1 Å². The van der Waals surface area contributed by atoms with Crippen molar-refractivity contribution >= 4 is 16.9 Å². The summed E-state index contributed by atoms with van der Waals surface area (Å²) in [4.78, 5) is 12.2. The van der Waals surface area contributed by atoms with Crippen molar-refractivity contribution in [2.24, 2.45) is 0 Å². The van der Waals surface area contributed by atoms with Gasteiger partial charge in [0.05, 0.1) is 0 Å². The van der Waals surface area contributed by atoms with Crippen molar-refractivity contribution in [3.8, 4) is 17.2 Å². The molecule has 1 atom stereocenters. The van der Waals surface area contributed by atoms with Crippen LogP contribution in [0, 0.1) is 6.92 Å². The van der Waals surface area contributed by atoms with Crippen molar-refractivity contribution in [1.29, 1.82) is 0 Å². The molecule has 4 rings (SSSR count). The fourth-order valence-electron chi connectivity index (χ4n) is 2.79. The van der Waals surface area contributed by atoms with Crippen LogP contribution in [0.5, 0.6) is 17.2 Å². The summed E-state index contributed by atoms with van der Waals surface area (Å²) >= 11 is 0. The van der Waals surface area contributed by atoms with Gasteiger partial charge in [0.2, 0.25) is 6.79 Å². The van der Waals surface area contributed by atoms with Crippen molar-refractivity contribution in [2.45, 2.75) is 13.0 Å². The van der Waals surface area contributed by atoms with Crippen molar-refractivity contribution < 1.29 is 28.5 Å². The van der Waals surface area contributed by atoms with Crippen molar-refractivity contribution in [3.63, 3.8) is 0 Å². The number of aliphatic hydroxyl groups excluding tert-OH is 1. The molecule has 7 heteroatoms. The maximum Gasteiger partial charge on any atom is 0.287 e. The molecular weight excluding hydrogens is 350 g/mol. The Kier molecular flexibility index (Phi) is 4.60. The van der Waals surface area contributed by atoms with Crippen LogP contribution in [0.25, 0.3) is 11.0 Å². The molecule has 27 heavy (non-hydrogen) atoms. The summed E-state index contributed by atoms with van der Waals surface area (Å²) in [6.07, 6.45) is -0.869. The zero-order chi connectivity index (χ0) is 18.8. The summed E-state index contributed by atoms with van der Waals surface area (Å²) in [5, 5.41) is 13.6.